The molecule has 1 aliphatic heterocycles. The van der Waals surface area contributed by atoms with Gasteiger partial charge in [0, 0.05) is 32.0 Å². The summed E-state index contributed by atoms with van der Waals surface area (Å²) in [5, 5.41) is 18.7. The summed E-state index contributed by atoms with van der Waals surface area (Å²) in [6.07, 6.45) is 2.88. The lowest BCUT2D eigenvalue weighted by atomic mass is 10.1. The maximum atomic E-state index is 15.0. The van der Waals surface area contributed by atoms with Crippen LogP contribution in [-0.2, 0) is 0 Å². The highest BCUT2D eigenvalue weighted by Crippen LogP contribution is 2.31. The zero-order chi connectivity index (χ0) is 22.7. The maximum Gasteiger partial charge on any atom is 0.318 e. The van der Waals surface area contributed by atoms with Crippen molar-refractivity contribution in [3.05, 3.63) is 47.9 Å². The Hall–Kier alpha value is -4.27. The van der Waals surface area contributed by atoms with Crippen molar-refractivity contribution in [1.82, 2.24) is 19.9 Å². The molecule has 0 spiro atoms. The molecule has 2 aromatic heterocycles. The molecule has 1 aromatic carbocycles. The number of halogens is 2. The number of nitrogens with zero attached hydrogens (tertiary/aromatic N) is 6. The van der Waals surface area contributed by atoms with Gasteiger partial charge in [0.1, 0.15) is 23.9 Å². The van der Waals surface area contributed by atoms with Gasteiger partial charge >= 0.3 is 6.01 Å². The van der Waals surface area contributed by atoms with Crippen LogP contribution in [0.2, 0.25) is 0 Å². The lowest BCUT2D eigenvalue weighted by molar-refractivity contribution is 0.156. The standard InChI is InChI=1S/C20H17F2N7O3/c21-15-9-25-20(28-17(15)24)32-13-1-3-29(4-2-13)18-16(22)19(27-10-26-18)31-14-6-11(8-23)5-12(30)7-14/h5-7,9-10,13,30H,1-4H2,(H2,24,25,28). The third kappa shape index (κ3) is 4.56. The summed E-state index contributed by atoms with van der Waals surface area (Å²) in [4.78, 5) is 17.1. The molecule has 0 atom stereocenters. The number of aromatic nitrogens is 4. The quantitative estimate of drug-likeness (QED) is 0.606. The van der Waals surface area contributed by atoms with Crippen molar-refractivity contribution in [3.8, 4) is 29.5 Å². The van der Waals surface area contributed by atoms with E-state index >= 15 is 4.39 Å². The average molecular weight is 441 g/mol. The van der Waals surface area contributed by atoms with Crippen LogP contribution < -0.4 is 20.1 Å². The molecule has 4 rings (SSSR count). The van der Waals surface area contributed by atoms with Gasteiger partial charge in [0.25, 0.3) is 5.88 Å². The summed E-state index contributed by atoms with van der Waals surface area (Å²) in [6, 6.07) is 5.72. The molecule has 0 amide bonds. The van der Waals surface area contributed by atoms with Gasteiger partial charge in [-0.2, -0.15) is 19.6 Å². The first kappa shape index (κ1) is 21.0. The van der Waals surface area contributed by atoms with Gasteiger partial charge in [0.05, 0.1) is 17.8 Å². The second-order valence-corrected chi connectivity index (χ2v) is 6.94. The van der Waals surface area contributed by atoms with E-state index in [9.17, 15) is 9.50 Å². The van der Waals surface area contributed by atoms with Crippen LogP contribution in [0.1, 0.15) is 18.4 Å². The predicted molar refractivity (Wildman–Crippen MR) is 107 cm³/mol. The van der Waals surface area contributed by atoms with Crippen molar-refractivity contribution in [2.24, 2.45) is 0 Å². The van der Waals surface area contributed by atoms with E-state index in [1.807, 2.05) is 6.07 Å². The molecule has 0 saturated carbocycles. The Kier molecular flexibility index (Phi) is 5.80. The van der Waals surface area contributed by atoms with Crippen molar-refractivity contribution in [2.75, 3.05) is 23.7 Å². The largest absolute Gasteiger partial charge is 0.508 e. The molecule has 0 bridgehead atoms. The summed E-state index contributed by atoms with van der Waals surface area (Å²) < 4.78 is 39.3. The topological polar surface area (TPSA) is 143 Å². The number of nitriles is 1. The molecule has 32 heavy (non-hydrogen) atoms. The number of anilines is 2. The molecule has 0 unspecified atom stereocenters. The third-order valence-electron chi connectivity index (χ3n) is 4.74. The second-order valence-electron chi connectivity index (χ2n) is 6.94. The molecule has 3 N–H and O–H groups in total. The lowest BCUT2D eigenvalue weighted by Crippen LogP contribution is -2.39. The Balaban J connectivity index is 1.43. The fourth-order valence-corrected chi connectivity index (χ4v) is 3.21. The summed E-state index contributed by atoms with van der Waals surface area (Å²) in [5.74, 6) is -2.20. The van der Waals surface area contributed by atoms with Crippen LogP contribution in [0, 0.1) is 23.0 Å². The van der Waals surface area contributed by atoms with Crippen LogP contribution in [0.4, 0.5) is 20.4 Å². The molecule has 1 aliphatic rings. The van der Waals surface area contributed by atoms with E-state index < -0.39 is 11.6 Å². The Morgan fingerprint density at radius 1 is 1.16 bits per heavy atom. The molecule has 3 heterocycles. The molecule has 0 aliphatic carbocycles. The first-order chi connectivity index (χ1) is 15.4. The van der Waals surface area contributed by atoms with Gasteiger partial charge in [-0.1, -0.05) is 0 Å². The number of piperidine rings is 1. The second kappa shape index (κ2) is 8.84. The summed E-state index contributed by atoms with van der Waals surface area (Å²) >= 11 is 0. The molecule has 1 fully saturated rings. The molecule has 3 aromatic rings. The van der Waals surface area contributed by atoms with Crippen LogP contribution in [0.5, 0.6) is 23.4 Å². The number of phenolic OH excluding ortho intramolecular Hbond substituents is 1. The molecular weight excluding hydrogens is 424 g/mol. The number of rotatable bonds is 5. The van der Waals surface area contributed by atoms with E-state index in [-0.39, 0.29) is 46.7 Å². The summed E-state index contributed by atoms with van der Waals surface area (Å²) in [5.41, 5.74) is 5.58. The van der Waals surface area contributed by atoms with E-state index in [1.54, 1.807) is 4.90 Å². The molecule has 12 heteroatoms. The van der Waals surface area contributed by atoms with Gasteiger partial charge in [0.2, 0.25) is 5.82 Å². The number of benzene rings is 1. The number of hydrogen-bond acceptors (Lipinski definition) is 10. The van der Waals surface area contributed by atoms with Gasteiger partial charge in [-0.3, -0.25) is 0 Å². The molecule has 1 saturated heterocycles. The van der Waals surface area contributed by atoms with Gasteiger partial charge in [-0.25, -0.2) is 14.4 Å². The van der Waals surface area contributed by atoms with Crippen molar-refractivity contribution in [1.29, 1.82) is 5.26 Å². The van der Waals surface area contributed by atoms with Crippen molar-refractivity contribution in [2.45, 2.75) is 18.9 Å². The number of nitrogens with two attached hydrogens (primary N) is 1. The minimum absolute atomic E-state index is 0.0193. The normalized spacial score (nSPS) is 14.1. The smallest absolute Gasteiger partial charge is 0.318 e. The maximum absolute atomic E-state index is 15.0. The van der Waals surface area contributed by atoms with Crippen LogP contribution in [0.15, 0.2) is 30.7 Å². The average Bonchev–Trinajstić information content (AvgIpc) is 2.78. The van der Waals surface area contributed by atoms with E-state index in [2.05, 4.69) is 19.9 Å². The Bertz CT molecular complexity index is 1180. The summed E-state index contributed by atoms with van der Waals surface area (Å²) in [6.45, 7) is 0.832. The van der Waals surface area contributed by atoms with Crippen molar-refractivity contribution < 1.29 is 23.4 Å². The minimum Gasteiger partial charge on any atom is -0.508 e. The number of nitrogen functional groups attached to an aromatic ring is 1. The van der Waals surface area contributed by atoms with Crippen LogP contribution in [0.25, 0.3) is 0 Å². The molecule has 0 radical (unpaired) electrons. The molecule has 10 nitrogen and oxygen atoms in total. The summed E-state index contributed by atoms with van der Waals surface area (Å²) in [7, 11) is 0. The number of phenols is 1. The number of hydrogen-bond donors (Lipinski definition) is 2. The Morgan fingerprint density at radius 3 is 2.66 bits per heavy atom. The van der Waals surface area contributed by atoms with Crippen LogP contribution in [-0.4, -0.2) is 44.2 Å². The SMILES string of the molecule is N#Cc1cc(O)cc(Oc2ncnc(N3CCC(Oc4ncc(F)c(N)n4)CC3)c2F)c1. The van der Waals surface area contributed by atoms with Crippen molar-refractivity contribution >= 4 is 11.6 Å². The molecular formula is C20H17F2N7O3. The Labute approximate surface area is 180 Å². The molecule has 164 valence electrons. The zero-order valence-corrected chi connectivity index (χ0v) is 16.6. The predicted octanol–water partition coefficient (Wildman–Crippen LogP) is 2.54. The zero-order valence-electron chi connectivity index (χ0n) is 16.6. The lowest BCUT2D eigenvalue weighted by Gasteiger charge is -2.32. The highest BCUT2D eigenvalue weighted by molar-refractivity contribution is 5.47. The van der Waals surface area contributed by atoms with Gasteiger partial charge in [-0.05, 0) is 12.1 Å². The van der Waals surface area contributed by atoms with Crippen molar-refractivity contribution in [3.63, 3.8) is 0 Å². The van der Waals surface area contributed by atoms with E-state index in [0.29, 0.717) is 25.9 Å². The van der Waals surface area contributed by atoms with E-state index in [0.717, 1.165) is 6.20 Å². The van der Waals surface area contributed by atoms with Gasteiger partial charge in [0.15, 0.2) is 17.5 Å². The fourth-order valence-electron chi connectivity index (χ4n) is 3.21. The highest BCUT2D eigenvalue weighted by atomic mass is 19.1. The monoisotopic (exact) mass is 441 g/mol. The van der Waals surface area contributed by atoms with E-state index in [1.165, 1.54) is 24.5 Å². The number of aromatic hydroxyl groups is 1. The first-order valence-electron chi connectivity index (χ1n) is 9.55. The first-order valence-corrected chi connectivity index (χ1v) is 9.55. The van der Waals surface area contributed by atoms with Crippen LogP contribution >= 0.6 is 0 Å². The minimum atomic E-state index is -0.775. The highest BCUT2D eigenvalue weighted by Gasteiger charge is 2.26. The number of ether oxygens (including phenoxy) is 2. The third-order valence-corrected chi connectivity index (χ3v) is 4.74. The van der Waals surface area contributed by atoms with E-state index in [4.69, 9.17) is 20.5 Å². The Morgan fingerprint density at radius 2 is 1.94 bits per heavy atom. The van der Waals surface area contributed by atoms with Gasteiger partial charge in [-0.15, -0.1) is 0 Å². The van der Waals surface area contributed by atoms with Crippen LogP contribution in [0.3, 0.4) is 0 Å². The van der Waals surface area contributed by atoms with Gasteiger partial charge < -0.3 is 25.2 Å². The fraction of sp³-hybridized carbons (Fsp3) is 0.250.